The zero-order valence-corrected chi connectivity index (χ0v) is 11.1. The summed E-state index contributed by atoms with van der Waals surface area (Å²) in [6.45, 7) is 5.11. The molecular weight excluding hydrogens is 250 g/mol. The first kappa shape index (κ1) is 14.8. The summed E-state index contributed by atoms with van der Waals surface area (Å²) in [5, 5.41) is 29.0. The fourth-order valence-corrected chi connectivity index (χ4v) is 1.74. The maximum absolute atomic E-state index is 10.0. The summed E-state index contributed by atoms with van der Waals surface area (Å²) >= 11 is 0. The van der Waals surface area contributed by atoms with Gasteiger partial charge in [-0.3, -0.25) is 0 Å². The highest BCUT2D eigenvalue weighted by atomic mass is 16.9. The summed E-state index contributed by atoms with van der Waals surface area (Å²) < 4.78 is 0. The lowest BCUT2D eigenvalue weighted by Gasteiger charge is -2.13. The topological polar surface area (TPSA) is 92.8 Å². The second-order valence-corrected chi connectivity index (χ2v) is 4.23. The maximum Gasteiger partial charge on any atom is 0.294 e. The van der Waals surface area contributed by atoms with E-state index in [1.54, 1.807) is 32.9 Å². The molecule has 0 spiro atoms. The monoisotopic (exact) mass is 267 g/mol. The molecule has 0 aromatic heterocycles. The number of benzene rings is 1. The Morgan fingerprint density at radius 3 is 2.32 bits per heavy atom. The number of phenols is 2. The number of nitrogens with zero attached hydrogens (tertiary/aromatic N) is 1. The van der Waals surface area contributed by atoms with E-state index in [1.807, 2.05) is 0 Å². The number of phenolic OH excluding ortho intramolecular Hbond substituents is 2. The van der Waals surface area contributed by atoms with Crippen molar-refractivity contribution in [2.45, 2.75) is 27.2 Å². The molecule has 0 unspecified atom stereocenters. The predicted octanol–water partition coefficient (Wildman–Crippen LogP) is 2.63. The number of hydrogen-bond donors (Lipinski definition) is 2. The number of rotatable bonds is 5. The minimum Gasteiger partial charge on any atom is -0.507 e. The van der Waals surface area contributed by atoms with Crippen LogP contribution < -0.4 is 0 Å². The van der Waals surface area contributed by atoms with E-state index in [-0.39, 0.29) is 18.1 Å². The predicted molar refractivity (Wildman–Crippen MR) is 70.6 cm³/mol. The molecule has 0 fully saturated rings. The fourth-order valence-electron chi connectivity index (χ4n) is 1.74. The molecule has 2 N–H and O–H groups in total. The molecule has 0 heterocycles. The summed E-state index contributed by atoms with van der Waals surface area (Å²) in [6, 6.07) is 0. The van der Waals surface area contributed by atoms with Crippen LogP contribution in [0.4, 0.5) is 0 Å². The Morgan fingerprint density at radius 1 is 1.16 bits per heavy atom. The minimum atomic E-state index is -0.849. The zero-order valence-electron chi connectivity index (χ0n) is 11.1. The van der Waals surface area contributed by atoms with Crippen molar-refractivity contribution < 1.29 is 20.1 Å². The molecule has 0 aliphatic rings. The Hall–Kier alpha value is -2.24. The van der Waals surface area contributed by atoms with Crippen molar-refractivity contribution in [3.63, 3.8) is 0 Å². The highest BCUT2D eigenvalue weighted by molar-refractivity contribution is 5.68. The molecule has 1 aromatic carbocycles. The molecule has 6 nitrogen and oxygen atoms in total. The normalized spacial score (nSPS) is 10.9. The standard InChI is InChI=1S/C13H17NO5/c1-8-9(2)13(16)11(10(3)12(8)15)6-4-5-7-19-14(17)18/h4,6,15-16H,5,7H2,1-3H3. The fraction of sp³-hybridized carbons (Fsp3) is 0.385. The van der Waals surface area contributed by atoms with Gasteiger partial charge in [-0.05, 0) is 38.3 Å². The van der Waals surface area contributed by atoms with Gasteiger partial charge < -0.3 is 15.1 Å². The van der Waals surface area contributed by atoms with E-state index in [4.69, 9.17) is 0 Å². The Bertz CT molecular complexity index is 493. The van der Waals surface area contributed by atoms with Gasteiger partial charge in [0.05, 0.1) is 6.61 Å². The quantitative estimate of drug-likeness (QED) is 0.370. The molecule has 0 bridgehead atoms. The van der Waals surface area contributed by atoms with Gasteiger partial charge >= 0.3 is 0 Å². The summed E-state index contributed by atoms with van der Waals surface area (Å²) in [7, 11) is 0. The highest BCUT2D eigenvalue weighted by Crippen LogP contribution is 2.36. The average molecular weight is 267 g/mol. The van der Waals surface area contributed by atoms with Crippen LogP contribution >= 0.6 is 0 Å². The lowest BCUT2D eigenvalue weighted by molar-refractivity contribution is -0.757. The van der Waals surface area contributed by atoms with Gasteiger partial charge in [0.25, 0.3) is 5.09 Å². The largest absolute Gasteiger partial charge is 0.507 e. The van der Waals surface area contributed by atoms with Crippen molar-refractivity contribution in [1.82, 2.24) is 0 Å². The molecule has 0 atom stereocenters. The van der Waals surface area contributed by atoms with Gasteiger partial charge in [0, 0.05) is 11.1 Å². The summed E-state index contributed by atoms with van der Waals surface area (Å²) in [6.07, 6.45) is 3.62. The van der Waals surface area contributed by atoms with E-state index >= 15 is 0 Å². The van der Waals surface area contributed by atoms with E-state index in [9.17, 15) is 20.3 Å². The number of hydrogen-bond acceptors (Lipinski definition) is 5. The molecule has 0 saturated heterocycles. The van der Waals surface area contributed by atoms with Crippen LogP contribution in [0.2, 0.25) is 0 Å². The smallest absolute Gasteiger partial charge is 0.294 e. The summed E-state index contributed by atoms with van der Waals surface area (Å²) in [5.41, 5.74) is 2.35. The van der Waals surface area contributed by atoms with Crippen molar-refractivity contribution in [2.75, 3.05) is 6.61 Å². The SMILES string of the molecule is Cc1c(C)c(O)c(C=CCCO[N+](=O)[O-])c(C)c1O. The number of aromatic hydroxyl groups is 2. The second kappa shape index (κ2) is 6.08. The van der Waals surface area contributed by atoms with Crippen LogP contribution in [0.25, 0.3) is 6.08 Å². The van der Waals surface area contributed by atoms with E-state index in [0.29, 0.717) is 28.7 Å². The van der Waals surface area contributed by atoms with Crippen molar-refractivity contribution >= 4 is 6.08 Å². The molecule has 0 radical (unpaired) electrons. The Kier molecular flexibility index (Phi) is 4.74. The molecule has 1 aromatic rings. The van der Waals surface area contributed by atoms with Gasteiger partial charge in [-0.1, -0.05) is 12.2 Å². The van der Waals surface area contributed by atoms with Gasteiger partial charge in [-0.25, -0.2) is 0 Å². The Balaban J connectivity index is 2.90. The van der Waals surface area contributed by atoms with Crippen LogP contribution in [0.1, 0.15) is 28.7 Å². The van der Waals surface area contributed by atoms with Crippen LogP contribution in [0.3, 0.4) is 0 Å². The van der Waals surface area contributed by atoms with Gasteiger partial charge in [0.1, 0.15) is 11.5 Å². The molecular formula is C13H17NO5. The molecule has 0 amide bonds. The average Bonchev–Trinajstić information content (AvgIpc) is 2.37. The van der Waals surface area contributed by atoms with E-state index in [0.717, 1.165) is 0 Å². The molecule has 0 aliphatic heterocycles. The van der Waals surface area contributed by atoms with Crippen molar-refractivity contribution in [1.29, 1.82) is 0 Å². The maximum atomic E-state index is 10.0. The van der Waals surface area contributed by atoms with Crippen LogP contribution in [-0.4, -0.2) is 21.9 Å². The van der Waals surface area contributed by atoms with E-state index in [1.165, 1.54) is 0 Å². The zero-order chi connectivity index (χ0) is 14.6. The van der Waals surface area contributed by atoms with Crippen molar-refractivity contribution in [3.8, 4) is 11.5 Å². The molecule has 0 aliphatic carbocycles. The lowest BCUT2D eigenvalue weighted by atomic mass is 9.97. The van der Waals surface area contributed by atoms with E-state index < -0.39 is 5.09 Å². The molecule has 19 heavy (non-hydrogen) atoms. The van der Waals surface area contributed by atoms with E-state index in [2.05, 4.69) is 4.84 Å². The molecule has 0 saturated carbocycles. The van der Waals surface area contributed by atoms with Gasteiger partial charge in [0.15, 0.2) is 0 Å². The van der Waals surface area contributed by atoms with Crippen molar-refractivity contribution in [3.05, 3.63) is 38.4 Å². The van der Waals surface area contributed by atoms with Crippen LogP contribution in [0.5, 0.6) is 11.5 Å². The first-order valence-electron chi connectivity index (χ1n) is 5.81. The van der Waals surface area contributed by atoms with Crippen LogP contribution in [0, 0.1) is 30.9 Å². The molecule has 104 valence electrons. The van der Waals surface area contributed by atoms with Gasteiger partial charge in [-0.2, -0.15) is 0 Å². The first-order chi connectivity index (χ1) is 8.86. The van der Waals surface area contributed by atoms with Crippen LogP contribution in [-0.2, 0) is 4.84 Å². The molecule has 1 rings (SSSR count). The highest BCUT2D eigenvalue weighted by Gasteiger charge is 2.14. The second-order valence-electron chi connectivity index (χ2n) is 4.23. The summed E-state index contributed by atoms with van der Waals surface area (Å²) in [5.74, 6) is 0.260. The minimum absolute atomic E-state index is 0.0415. The van der Waals surface area contributed by atoms with Gasteiger partial charge in [0.2, 0.25) is 0 Å². The Labute approximate surface area is 111 Å². The summed E-state index contributed by atoms with van der Waals surface area (Å²) in [4.78, 5) is 14.1. The van der Waals surface area contributed by atoms with Crippen molar-refractivity contribution in [2.24, 2.45) is 0 Å². The Morgan fingerprint density at radius 2 is 1.74 bits per heavy atom. The lowest BCUT2D eigenvalue weighted by Crippen LogP contribution is -2.00. The van der Waals surface area contributed by atoms with Crippen LogP contribution in [0.15, 0.2) is 6.08 Å². The third kappa shape index (κ3) is 3.37. The third-order valence-corrected chi connectivity index (χ3v) is 3.05. The van der Waals surface area contributed by atoms with Gasteiger partial charge in [-0.15, -0.1) is 10.1 Å². The third-order valence-electron chi connectivity index (χ3n) is 3.05. The molecule has 6 heteroatoms. The first-order valence-corrected chi connectivity index (χ1v) is 5.81.